The molecule has 1 fully saturated rings. The van der Waals surface area contributed by atoms with Gasteiger partial charge in [-0.15, -0.1) is 0 Å². The van der Waals surface area contributed by atoms with E-state index in [2.05, 4.69) is 65.0 Å². The number of nitrogens with two attached hydrogens (primary N) is 1. The molecule has 2 atom stereocenters. The summed E-state index contributed by atoms with van der Waals surface area (Å²) in [6.07, 6.45) is 1.15. The second-order valence-electron chi connectivity index (χ2n) is 5.60. The van der Waals surface area contributed by atoms with Crippen molar-refractivity contribution in [1.29, 1.82) is 0 Å². The van der Waals surface area contributed by atoms with Gasteiger partial charge in [-0.3, -0.25) is 0 Å². The predicted octanol–water partition coefficient (Wildman–Crippen LogP) is 3.66. The molecule has 2 aromatic carbocycles. The highest BCUT2D eigenvalue weighted by atomic mass is 15.2. The molecule has 20 heavy (non-hydrogen) atoms. The first-order valence-electron chi connectivity index (χ1n) is 7.03. The number of nitrogen functional groups attached to an aromatic ring is 1. The number of rotatable bonds is 2. The second-order valence-corrected chi connectivity index (χ2v) is 5.60. The average Bonchev–Trinajstić information content (AvgIpc) is 3.17. The summed E-state index contributed by atoms with van der Waals surface area (Å²) in [4.78, 5) is 4.54. The number of fused-ring (bicyclic) bond motifs is 1. The molecule has 0 aliphatic heterocycles. The molecular formula is C17H17N3. The van der Waals surface area contributed by atoms with Gasteiger partial charge in [-0.05, 0) is 30.5 Å². The smallest absolute Gasteiger partial charge is 0.201 e. The third kappa shape index (κ3) is 1.63. The molecule has 0 saturated heterocycles. The number of imidazole rings is 1. The molecule has 2 unspecified atom stereocenters. The molecule has 0 bridgehead atoms. The fourth-order valence-corrected chi connectivity index (χ4v) is 3.15. The number of anilines is 1. The van der Waals surface area contributed by atoms with E-state index in [4.69, 9.17) is 5.73 Å². The van der Waals surface area contributed by atoms with Crippen molar-refractivity contribution in [2.75, 3.05) is 5.73 Å². The Labute approximate surface area is 118 Å². The summed E-state index contributed by atoms with van der Waals surface area (Å²) in [5, 5.41) is 0. The van der Waals surface area contributed by atoms with Crippen molar-refractivity contribution in [1.82, 2.24) is 9.55 Å². The fraction of sp³-hybridized carbons (Fsp3) is 0.235. The summed E-state index contributed by atoms with van der Waals surface area (Å²) in [7, 11) is 0. The Balaban J connectivity index is 1.78. The van der Waals surface area contributed by atoms with E-state index in [9.17, 15) is 0 Å². The Morgan fingerprint density at radius 2 is 1.90 bits per heavy atom. The topological polar surface area (TPSA) is 43.8 Å². The summed E-state index contributed by atoms with van der Waals surface area (Å²) in [6.45, 7) is 2.08. The predicted molar refractivity (Wildman–Crippen MR) is 81.7 cm³/mol. The zero-order valence-electron chi connectivity index (χ0n) is 11.5. The summed E-state index contributed by atoms with van der Waals surface area (Å²) >= 11 is 0. The third-order valence-electron chi connectivity index (χ3n) is 4.27. The van der Waals surface area contributed by atoms with Gasteiger partial charge in [0.15, 0.2) is 0 Å². The third-order valence-corrected chi connectivity index (χ3v) is 4.27. The highest BCUT2D eigenvalue weighted by Gasteiger charge is 2.41. The number of hydrogen-bond acceptors (Lipinski definition) is 2. The lowest BCUT2D eigenvalue weighted by Gasteiger charge is -2.06. The van der Waals surface area contributed by atoms with Crippen molar-refractivity contribution >= 4 is 17.0 Å². The van der Waals surface area contributed by atoms with Crippen LogP contribution < -0.4 is 5.73 Å². The minimum absolute atomic E-state index is 0.448. The van der Waals surface area contributed by atoms with Crippen molar-refractivity contribution in [2.24, 2.45) is 0 Å². The molecular weight excluding hydrogens is 246 g/mol. The molecule has 0 amide bonds. The van der Waals surface area contributed by atoms with E-state index < -0.39 is 0 Å². The van der Waals surface area contributed by atoms with Gasteiger partial charge in [0.25, 0.3) is 0 Å². The molecule has 3 heteroatoms. The first-order valence-corrected chi connectivity index (χ1v) is 7.03. The molecule has 4 rings (SSSR count). The van der Waals surface area contributed by atoms with Gasteiger partial charge >= 0.3 is 0 Å². The Morgan fingerprint density at radius 3 is 2.70 bits per heavy atom. The molecule has 1 aliphatic carbocycles. The fourth-order valence-electron chi connectivity index (χ4n) is 3.15. The quantitative estimate of drug-likeness (QED) is 0.767. The Kier molecular flexibility index (Phi) is 2.36. The van der Waals surface area contributed by atoms with Crippen LogP contribution in [0, 0.1) is 6.92 Å². The van der Waals surface area contributed by atoms with Crippen molar-refractivity contribution in [2.45, 2.75) is 25.3 Å². The molecule has 1 heterocycles. The van der Waals surface area contributed by atoms with E-state index in [1.54, 1.807) is 0 Å². The molecule has 1 saturated carbocycles. The zero-order chi connectivity index (χ0) is 13.7. The van der Waals surface area contributed by atoms with Gasteiger partial charge in [0.05, 0.1) is 11.0 Å². The molecule has 3 aromatic rings. The molecule has 100 valence electrons. The number of aromatic nitrogens is 2. The monoisotopic (exact) mass is 263 g/mol. The van der Waals surface area contributed by atoms with Crippen LogP contribution >= 0.6 is 0 Å². The number of hydrogen-bond donors (Lipinski definition) is 1. The number of nitrogens with zero attached hydrogens (tertiary/aromatic N) is 2. The maximum absolute atomic E-state index is 6.16. The van der Waals surface area contributed by atoms with Gasteiger partial charge in [0.2, 0.25) is 5.95 Å². The van der Waals surface area contributed by atoms with E-state index in [1.807, 2.05) is 0 Å². The highest BCUT2D eigenvalue weighted by Crippen LogP contribution is 2.53. The standard InChI is InChI=1S/C17H17N3/c1-11-6-5-9-14-16(11)19-17(18)20(14)15-10-13(15)12-7-3-2-4-8-12/h2-9,13,15H,10H2,1H3,(H2,18,19). The van der Waals surface area contributed by atoms with Gasteiger partial charge in [-0.1, -0.05) is 42.5 Å². The Hall–Kier alpha value is -2.29. The second kappa shape index (κ2) is 4.10. The summed E-state index contributed by atoms with van der Waals surface area (Å²) < 4.78 is 2.21. The lowest BCUT2D eigenvalue weighted by atomic mass is 10.1. The summed E-state index contributed by atoms with van der Waals surface area (Å²) in [5.41, 5.74) is 10.9. The maximum Gasteiger partial charge on any atom is 0.201 e. The first kappa shape index (κ1) is 11.5. The van der Waals surface area contributed by atoms with E-state index in [-0.39, 0.29) is 0 Å². The van der Waals surface area contributed by atoms with Gasteiger partial charge < -0.3 is 10.3 Å². The van der Waals surface area contributed by atoms with Crippen LogP contribution in [-0.4, -0.2) is 9.55 Å². The van der Waals surface area contributed by atoms with Crippen LogP contribution in [0.4, 0.5) is 5.95 Å². The van der Waals surface area contributed by atoms with Gasteiger partial charge in [0, 0.05) is 12.0 Å². The minimum Gasteiger partial charge on any atom is -0.369 e. The number of benzene rings is 2. The van der Waals surface area contributed by atoms with Gasteiger partial charge in [-0.2, -0.15) is 0 Å². The SMILES string of the molecule is Cc1cccc2c1nc(N)n2C1CC1c1ccccc1. The maximum atomic E-state index is 6.16. The van der Waals surface area contributed by atoms with Crippen LogP contribution in [0.25, 0.3) is 11.0 Å². The van der Waals surface area contributed by atoms with Crippen LogP contribution in [-0.2, 0) is 0 Å². The van der Waals surface area contributed by atoms with E-state index >= 15 is 0 Å². The zero-order valence-corrected chi connectivity index (χ0v) is 11.5. The molecule has 1 aromatic heterocycles. The normalized spacial score (nSPS) is 21.2. The Bertz CT molecular complexity index is 774. The van der Waals surface area contributed by atoms with Crippen molar-refractivity contribution in [3.05, 3.63) is 59.7 Å². The van der Waals surface area contributed by atoms with Gasteiger partial charge in [0.1, 0.15) is 0 Å². The van der Waals surface area contributed by atoms with Crippen LogP contribution in [0.1, 0.15) is 29.5 Å². The first-order chi connectivity index (χ1) is 9.75. The summed E-state index contributed by atoms with van der Waals surface area (Å²) in [5.74, 6) is 1.20. The van der Waals surface area contributed by atoms with Crippen LogP contribution in [0.3, 0.4) is 0 Å². The van der Waals surface area contributed by atoms with Crippen LogP contribution in [0.15, 0.2) is 48.5 Å². The number of para-hydroxylation sites is 1. The van der Waals surface area contributed by atoms with E-state index in [1.165, 1.54) is 11.1 Å². The minimum atomic E-state index is 0.448. The summed E-state index contributed by atoms with van der Waals surface area (Å²) in [6, 6.07) is 17.4. The van der Waals surface area contributed by atoms with Gasteiger partial charge in [-0.25, -0.2) is 4.98 Å². The molecule has 0 radical (unpaired) electrons. The lowest BCUT2D eigenvalue weighted by molar-refractivity contribution is 0.751. The lowest BCUT2D eigenvalue weighted by Crippen LogP contribution is -2.02. The molecule has 0 spiro atoms. The Morgan fingerprint density at radius 1 is 1.10 bits per heavy atom. The van der Waals surface area contributed by atoms with E-state index in [0.717, 1.165) is 17.5 Å². The molecule has 1 aliphatic rings. The number of aryl methyl sites for hydroxylation is 1. The van der Waals surface area contributed by atoms with Crippen molar-refractivity contribution in [3.63, 3.8) is 0 Å². The highest BCUT2D eigenvalue weighted by molar-refractivity contribution is 5.82. The van der Waals surface area contributed by atoms with Crippen LogP contribution in [0.2, 0.25) is 0 Å². The molecule has 3 nitrogen and oxygen atoms in total. The van der Waals surface area contributed by atoms with E-state index in [0.29, 0.717) is 17.9 Å². The van der Waals surface area contributed by atoms with Crippen molar-refractivity contribution in [3.8, 4) is 0 Å². The molecule has 2 N–H and O–H groups in total. The van der Waals surface area contributed by atoms with Crippen molar-refractivity contribution < 1.29 is 0 Å². The largest absolute Gasteiger partial charge is 0.369 e. The van der Waals surface area contributed by atoms with Crippen LogP contribution in [0.5, 0.6) is 0 Å². The average molecular weight is 263 g/mol.